The number of aliphatic carboxylic acids is 1. The first-order valence-electron chi connectivity index (χ1n) is 6.28. The number of likely N-dealkylation sites (tertiary alicyclic amines) is 1. The fourth-order valence-corrected chi connectivity index (χ4v) is 1.97. The van der Waals surface area contributed by atoms with Crippen LogP contribution in [0.15, 0.2) is 0 Å². The molecule has 0 aromatic rings. The fraction of sp³-hybridized carbons (Fsp3) is 0.750. The van der Waals surface area contributed by atoms with E-state index in [2.05, 4.69) is 0 Å². The Kier molecular flexibility index (Phi) is 6.27. The molecule has 0 spiro atoms. The molecule has 0 aromatic carbocycles. The summed E-state index contributed by atoms with van der Waals surface area (Å²) in [5.74, 6) is -1.99. The van der Waals surface area contributed by atoms with E-state index in [1.807, 2.05) is 0 Å². The third-order valence-electron chi connectivity index (χ3n) is 2.85. The minimum atomic E-state index is -1.11. The van der Waals surface area contributed by atoms with Gasteiger partial charge in [0.25, 0.3) is 0 Å². The number of carbonyl (C=O) groups is 3. The van der Waals surface area contributed by atoms with Gasteiger partial charge in [-0.05, 0) is 19.8 Å². The Bertz CT molecular complexity index is 343. The lowest BCUT2D eigenvalue weighted by Crippen LogP contribution is -2.44. The molecule has 0 aromatic heterocycles. The largest absolute Gasteiger partial charge is 0.480 e. The van der Waals surface area contributed by atoms with Crippen LogP contribution in [0.2, 0.25) is 0 Å². The van der Waals surface area contributed by atoms with Crippen LogP contribution in [0, 0.1) is 5.92 Å². The molecule has 0 radical (unpaired) electrons. The average molecular weight is 273 g/mol. The molecule has 1 atom stereocenters. The smallest absolute Gasteiger partial charge is 0.329 e. The lowest BCUT2D eigenvalue weighted by Gasteiger charge is -2.31. The van der Waals surface area contributed by atoms with E-state index in [0.717, 1.165) is 6.42 Å². The summed E-state index contributed by atoms with van der Waals surface area (Å²) in [6.45, 7) is 2.16. The van der Waals surface area contributed by atoms with Crippen LogP contribution in [0.1, 0.15) is 19.8 Å². The first kappa shape index (κ1) is 15.4. The highest BCUT2D eigenvalue weighted by molar-refractivity contribution is 5.79. The maximum absolute atomic E-state index is 11.8. The quantitative estimate of drug-likeness (QED) is 0.679. The van der Waals surface area contributed by atoms with Gasteiger partial charge in [0.1, 0.15) is 13.2 Å². The number of hydrogen-bond acceptors (Lipinski definition) is 5. The molecule has 0 bridgehead atoms. The summed E-state index contributed by atoms with van der Waals surface area (Å²) in [6, 6.07) is 0. The number of ether oxygens (including phenoxy) is 2. The second-order valence-electron chi connectivity index (χ2n) is 4.32. The number of carbonyl (C=O) groups excluding carboxylic acids is 2. The highest BCUT2D eigenvalue weighted by atomic mass is 16.5. The molecular weight excluding hydrogens is 254 g/mol. The van der Waals surface area contributed by atoms with Gasteiger partial charge in [0.2, 0.25) is 5.91 Å². The molecule has 1 saturated heterocycles. The van der Waals surface area contributed by atoms with Gasteiger partial charge in [-0.15, -0.1) is 0 Å². The van der Waals surface area contributed by atoms with E-state index in [9.17, 15) is 14.4 Å². The molecule has 7 nitrogen and oxygen atoms in total. The van der Waals surface area contributed by atoms with Crippen molar-refractivity contribution in [2.45, 2.75) is 19.8 Å². The third kappa shape index (κ3) is 5.25. The zero-order valence-corrected chi connectivity index (χ0v) is 11.0. The zero-order valence-electron chi connectivity index (χ0n) is 11.0. The summed E-state index contributed by atoms with van der Waals surface area (Å²) in [4.78, 5) is 35.1. The number of amides is 1. The summed E-state index contributed by atoms with van der Waals surface area (Å²) in [7, 11) is 0. The van der Waals surface area contributed by atoms with Crippen LogP contribution in [0.4, 0.5) is 0 Å². The number of esters is 1. The van der Waals surface area contributed by atoms with E-state index in [-0.39, 0.29) is 24.4 Å². The minimum Gasteiger partial charge on any atom is -0.480 e. The number of piperidine rings is 1. The molecule has 1 aliphatic heterocycles. The molecule has 1 heterocycles. The lowest BCUT2D eigenvalue weighted by atomic mass is 9.98. The molecule has 1 aliphatic rings. The normalized spacial score (nSPS) is 19.0. The van der Waals surface area contributed by atoms with Crippen molar-refractivity contribution >= 4 is 17.8 Å². The van der Waals surface area contributed by atoms with E-state index in [1.54, 1.807) is 6.92 Å². The van der Waals surface area contributed by atoms with Crippen molar-refractivity contribution in [1.82, 2.24) is 4.90 Å². The lowest BCUT2D eigenvalue weighted by molar-refractivity contribution is -0.152. The predicted octanol–water partition coefficient (Wildman–Crippen LogP) is -0.111. The Hall–Kier alpha value is -1.63. The molecule has 7 heteroatoms. The second-order valence-corrected chi connectivity index (χ2v) is 4.32. The SMILES string of the molecule is CCOC(=O)C1CCCN(C(=O)COCC(=O)O)C1. The minimum absolute atomic E-state index is 0.276. The van der Waals surface area contributed by atoms with Crippen LogP contribution in [0.25, 0.3) is 0 Å². The van der Waals surface area contributed by atoms with Crippen molar-refractivity contribution in [3.05, 3.63) is 0 Å². The van der Waals surface area contributed by atoms with Gasteiger partial charge in [-0.1, -0.05) is 0 Å². The molecule has 0 aliphatic carbocycles. The topological polar surface area (TPSA) is 93.1 Å². The molecule has 0 saturated carbocycles. The average Bonchev–Trinajstić information content (AvgIpc) is 2.38. The Balaban J connectivity index is 2.38. The Morgan fingerprint density at radius 1 is 1.32 bits per heavy atom. The van der Waals surface area contributed by atoms with Crippen LogP contribution in [-0.2, 0) is 23.9 Å². The standard InChI is InChI=1S/C12H19NO6/c1-2-19-12(17)9-4-3-5-13(6-9)10(14)7-18-8-11(15)16/h9H,2-8H2,1H3,(H,15,16). The second kappa shape index (κ2) is 7.73. The highest BCUT2D eigenvalue weighted by Gasteiger charge is 2.29. The number of rotatable bonds is 6. The van der Waals surface area contributed by atoms with E-state index < -0.39 is 12.6 Å². The summed E-state index contributed by atoms with van der Waals surface area (Å²) in [6.07, 6.45) is 1.44. The van der Waals surface area contributed by atoms with E-state index in [1.165, 1.54) is 4.90 Å². The number of nitrogens with zero attached hydrogens (tertiary/aromatic N) is 1. The maximum Gasteiger partial charge on any atom is 0.329 e. The van der Waals surface area contributed by atoms with Gasteiger partial charge in [-0.2, -0.15) is 0 Å². The van der Waals surface area contributed by atoms with Gasteiger partial charge < -0.3 is 19.5 Å². The van der Waals surface area contributed by atoms with E-state index >= 15 is 0 Å². The molecule has 1 fully saturated rings. The monoisotopic (exact) mass is 273 g/mol. The van der Waals surface area contributed by atoms with E-state index in [4.69, 9.17) is 14.6 Å². The van der Waals surface area contributed by atoms with Crippen molar-refractivity contribution in [1.29, 1.82) is 0 Å². The first-order valence-corrected chi connectivity index (χ1v) is 6.28. The van der Waals surface area contributed by atoms with Crippen LogP contribution < -0.4 is 0 Å². The summed E-state index contributed by atoms with van der Waals surface area (Å²) in [5.41, 5.74) is 0. The molecule has 1 rings (SSSR count). The Morgan fingerprint density at radius 2 is 2.05 bits per heavy atom. The number of carboxylic acid groups (broad SMARTS) is 1. The molecule has 108 valence electrons. The van der Waals surface area contributed by atoms with Crippen LogP contribution in [0.3, 0.4) is 0 Å². The predicted molar refractivity (Wildman–Crippen MR) is 64.4 cm³/mol. The summed E-state index contributed by atoms with van der Waals surface area (Å²) >= 11 is 0. The van der Waals surface area contributed by atoms with Gasteiger partial charge >= 0.3 is 11.9 Å². The van der Waals surface area contributed by atoms with Gasteiger partial charge in [0, 0.05) is 13.1 Å². The first-order chi connectivity index (χ1) is 9.04. The van der Waals surface area contributed by atoms with Crippen molar-refractivity contribution < 1.29 is 29.0 Å². The number of hydrogen-bond donors (Lipinski definition) is 1. The van der Waals surface area contributed by atoms with Crippen molar-refractivity contribution in [2.24, 2.45) is 5.92 Å². The Labute approximate surface area is 111 Å². The molecule has 1 amide bonds. The molecular formula is C12H19NO6. The van der Waals surface area contributed by atoms with Crippen LogP contribution in [-0.4, -0.2) is 60.8 Å². The van der Waals surface area contributed by atoms with Crippen molar-refractivity contribution in [2.75, 3.05) is 32.9 Å². The zero-order chi connectivity index (χ0) is 14.3. The van der Waals surface area contributed by atoms with Crippen molar-refractivity contribution in [3.8, 4) is 0 Å². The molecule has 1 N–H and O–H groups in total. The van der Waals surface area contributed by atoms with Crippen LogP contribution >= 0.6 is 0 Å². The molecule has 1 unspecified atom stereocenters. The highest BCUT2D eigenvalue weighted by Crippen LogP contribution is 2.18. The van der Waals surface area contributed by atoms with Gasteiger partial charge in [0.15, 0.2) is 0 Å². The van der Waals surface area contributed by atoms with Crippen LogP contribution in [0.5, 0.6) is 0 Å². The van der Waals surface area contributed by atoms with Gasteiger partial charge in [-0.3, -0.25) is 9.59 Å². The maximum atomic E-state index is 11.8. The van der Waals surface area contributed by atoms with Crippen molar-refractivity contribution in [3.63, 3.8) is 0 Å². The summed E-state index contributed by atoms with van der Waals surface area (Å²) < 4.78 is 9.68. The number of carboxylic acids is 1. The molecule has 19 heavy (non-hydrogen) atoms. The third-order valence-corrected chi connectivity index (χ3v) is 2.85. The Morgan fingerprint density at radius 3 is 2.68 bits per heavy atom. The van der Waals surface area contributed by atoms with Gasteiger partial charge in [-0.25, -0.2) is 4.79 Å². The summed E-state index contributed by atoms with van der Waals surface area (Å²) in [5, 5.41) is 8.40. The fourth-order valence-electron chi connectivity index (χ4n) is 1.97. The van der Waals surface area contributed by atoms with E-state index in [0.29, 0.717) is 26.1 Å². The van der Waals surface area contributed by atoms with Gasteiger partial charge in [0.05, 0.1) is 12.5 Å².